The Balaban J connectivity index is 1.63. The van der Waals surface area contributed by atoms with E-state index >= 15 is 0 Å². The quantitative estimate of drug-likeness (QED) is 0.840. The molecule has 2 N–H and O–H groups in total. The first-order valence-corrected chi connectivity index (χ1v) is 8.13. The standard InChI is InChI=1S/C15H24N2OS/c1-12(13-4-2-7-16-11-13)10-15(18)17-8-6-14-5-3-9-19-14/h3,5,9,12-13,16H,2,4,6-8,10-11H2,1H3,(H,17,18). The average molecular weight is 280 g/mol. The van der Waals surface area contributed by atoms with Gasteiger partial charge in [-0.1, -0.05) is 13.0 Å². The van der Waals surface area contributed by atoms with Crippen molar-refractivity contribution in [2.75, 3.05) is 19.6 Å². The lowest BCUT2D eigenvalue weighted by molar-refractivity contribution is -0.122. The molecular formula is C15H24N2OS. The van der Waals surface area contributed by atoms with Crippen LogP contribution in [0.15, 0.2) is 17.5 Å². The van der Waals surface area contributed by atoms with Crippen LogP contribution >= 0.6 is 11.3 Å². The molecule has 1 amide bonds. The molecule has 0 bridgehead atoms. The maximum atomic E-state index is 11.9. The molecule has 1 aliphatic rings. The highest BCUT2D eigenvalue weighted by Gasteiger charge is 2.21. The summed E-state index contributed by atoms with van der Waals surface area (Å²) in [5.74, 6) is 1.35. The van der Waals surface area contributed by atoms with E-state index in [2.05, 4.69) is 35.1 Å². The first-order valence-electron chi connectivity index (χ1n) is 7.25. The van der Waals surface area contributed by atoms with Crippen LogP contribution in [0.3, 0.4) is 0 Å². The molecule has 4 heteroatoms. The first-order chi connectivity index (χ1) is 9.25. The van der Waals surface area contributed by atoms with Crippen LogP contribution in [0, 0.1) is 11.8 Å². The van der Waals surface area contributed by atoms with Gasteiger partial charge < -0.3 is 10.6 Å². The molecule has 2 heterocycles. The van der Waals surface area contributed by atoms with Crippen LogP contribution < -0.4 is 10.6 Å². The Bertz CT molecular complexity index is 372. The van der Waals surface area contributed by atoms with Gasteiger partial charge in [-0.2, -0.15) is 0 Å². The van der Waals surface area contributed by atoms with E-state index in [4.69, 9.17) is 0 Å². The number of hydrogen-bond acceptors (Lipinski definition) is 3. The van der Waals surface area contributed by atoms with Crippen LogP contribution in [-0.2, 0) is 11.2 Å². The average Bonchev–Trinajstić information content (AvgIpc) is 2.93. The van der Waals surface area contributed by atoms with Crippen molar-refractivity contribution in [1.82, 2.24) is 10.6 Å². The van der Waals surface area contributed by atoms with Gasteiger partial charge in [-0.15, -0.1) is 11.3 Å². The van der Waals surface area contributed by atoms with E-state index in [-0.39, 0.29) is 5.91 Å². The summed E-state index contributed by atoms with van der Waals surface area (Å²) in [6.45, 7) is 5.17. The highest BCUT2D eigenvalue weighted by atomic mass is 32.1. The molecular weight excluding hydrogens is 256 g/mol. The Hall–Kier alpha value is -0.870. The van der Waals surface area contributed by atoms with Crippen LogP contribution in [0.5, 0.6) is 0 Å². The minimum absolute atomic E-state index is 0.203. The van der Waals surface area contributed by atoms with Gasteiger partial charge in [-0.25, -0.2) is 0 Å². The topological polar surface area (TPSA) is 41.1 Å². The molecule has 2 atom stereocenters. The molecule has 0 aromatic carbocycles. The van der Waals surface area contributed by atoms with Crippen LogP contribution in [0.25, 0.3) is 0 Å². The molecule has 1 aromatic rings. The van der Waals surface area contributed by atoms with Gasteiger partial charge in [0.05, 0.1) is 0 Å². The maximum absolute atomic E-state index is 11.9. The molecule has 0 spiro atoms. The van der Waals surface area contributed by atoms with E-state index in [9.17, 15) is 4.79 Å². The molecule has 3 nitrogen and oxygen atoms in total. The van der Waals surface area contributed by atoms with Gasteiger partial charge in [0.2, 0.25) is 5.91 Å². The largest absolute Gasteiger partial charge is 0.356 e. The van der Waals surface area contributed by atoms with Crippen LogP contribution in [0.2, 0.25) is 0 Å². The van der Waals surface area contributed by atoms with E-state index in [0.717, 1.165) is 26.1 Å². The van der Waals surface area contributed by atoms with Crippen molar-refractivity contribution in [3.63, 3.8) is 0 Å². The zero-order valence-corrected chi connectivity index (χ0v) is 12.5. The monoisotopic (exact) mass is 280 g/mol. The van der Waals surface area contributed by atoms with Crippen LogP contribution in [0.4, 0.5) is 0 Å². The molecule has 2 unspecified atom stereocenters. The summed E-state index contributed by atoms with van der Waals surface area (Å²) < 4.78 is 0. The highest BCUT2D eigenvalue weighted by molar-refractivity contribution is 7.09. The molecule has 106 valence electrons. The fourth-order valence-electron chi connectivity index (χ4n) is 2.68. The minimum Gasteiger partial charge on any atom is -0.356 e. The molecule has 0 radical (unpaired) electrons. The zero-order chi connectivity index (χ0) is 13.5. The second-order valence-corrected chi connectivity index (χ2v) is 6.50. The van der Waals surface area contributed by atoms with E-state index in [1.165, 1.54) is 17.7 Å². The Labute approximate surface area is 119 Å². The number of carbonyl (C=O) groups excluding carboxylic acids is 1. The second kappa shape index (κ2) is 7.65. The van der Waals surface area contributed by atoms with Gasteiger partial charge in [0.1, 0.15) is 0 Å². The summed E-state index contributed by atoms with van der Waals surface area (Å²) in [7, 11) is 0. The lowest BCUT2D eigenvalue weighted by atomic mass is 9.85. The van der Waals surface area contributed by atoms with Gasteiger partial charge in [0.25, 0.3) is 0 Å². The number of hydrogen-bond donors (Lipinski definition) is 2. The smallest absolute Gasteiger partial charge is 0.220 e. The summed E-state index contributed by atoms with van der Waals surface area (Å²) in [6.07, 6.45) is 4.12. The summed E-state index contributed by atoms with van der Waals surface area (Å²) in [6, 6.07) is 4.17. The van der Waals surface area contributed by atoms with E-state index in [1.807, 2.05) is 0 Å². The van der Waals surface area contributed by atoms with Gasteiger partial charge in [-0.05, 0) is 55.6 Å². The lowest BCUT2D eigenvalue weighted by Gasteiger charge is -2.28. The maximum Gasteiger partial charge on any atom is 0.220 e. The van der Waals surface area contributed by atoms with Gasteiger partial charge in [0, 0.05) is 17.8 Å². The van der Waals surface area contributed by atoms with Crippen LogP contribution in [0.1, 0.15) is 31.1 Å². The Kier molecular flexibility index (Phi) is 5.86. The van der Waals surface area contributed by atoms with E-state index < -0.39 is 0 Å². The number of amides is 1. The van der Waals surface area contributed by atoms with Gasteiger partial charge in [-0.3, -0.25) is 4.79 Å². The first kappa shape index (κ1) is 14.5. The fourth-order valence-corrected chi connectivity index (χ4v) is 3.38. The molecule has 0 saturated carbocycles. The normalized spacial score (nSPS) is 21.0. The molecule has 1 aromatic heterocycles. The number of thiophene rings is 1. The van der Waals surface area contributed by atoms with Crippen molar-refractivity contribution in [2.24, 2.45) is 11.8 Å². The summed E-state index contributed by atoms with van der Waals surface area (Å²) in [5, 5.41) is 8.54. The Morgan fingerprint density at radius 3 is 3.21 bits per heavy atom. The molecule has 2 rings (SSSR count). The van der Waals surface area contributed by atoms with Crippen molar-refractivity contribution >= 4 is 17.2 Å². The predicted octanol–water partition coefficient (Wildman–Crippen LogP) is 2.43. The van der Waals surface area contributed by atoms with Crippen molar-refractivity contribution in [3.8, 4) is 0 Å². The highest BCUT2D eigenvalue weighted by Crippen LogP contribution is 2.22. The minimum atomic E-state index is 0.203. The third kappa shape index (κ3) is 4.96. The predicted molar refractivity (Wildman–Crippen MR) is 80.4 cm³/mol. The number of piperidine rings is 1. The Morgan fingerprint density at radius 2 is 2.53 bits per heavy atom. The number of rotatable bonds is 6. The third-order valence-corrected chi connectivity index (χ3v) is 4.86. The summed E-state index contributed by atoms with van der Waals surface area (Å²) in [5.41, 5.74) is 0. The van der Waals surface area contributed by atoms with Gasteiger partial charge in [0.15, 0.2) is 0 Å². The number of nitrogens with one attached hydrogen (secondary N) is 2. The SMILES string of the molecule is CC(CC(=O)NCCc1cccs1)C1CCCNC1. The second-order valence-electron chi connectivity index (χ2n) is 5.47. The summed E-state index contributed by atoms with van der Waals surface area (Å²) in [4.78, 5) is 13.2. The van der Waals surface area contributed by atoms with Crippen molar-refractivity contribution in [3.05, 3.63) is 22.4 Å². The van der Waals surface area contributed by atoms with E-state index in [1.54, 1.807) is 11.3 Å². The molecule has 0 aliphatic carbocycles. The molecule has 19 heavy (non-hydrogen) atoms. The Morgan fingerprint density at radius 1 is 1.63 bits per heavy atom. The van der Waals surface area contributed by atoms with E-state index in [0.29, 0.717) is 18.3 Å². The van der Waals surface area contributed by atoms with Crippen LogP contribution in [-0.4, -0.2) is 25.5 Å². The molecule has 1 saturated heterocycles. The fraction of sp³-hybridized carbons (Fsp3) is 0.667. The molecule has 1 fully saturated rings. The van der Waals surface area contributed by atoms with Crippen molar-refractivity contribution < 1.29 is 4.79 Å². The zero-order valence-electron chi connectivity index (χ0n) is 11.7. The van der Waals surface area contributed by atoms with Gasteiger partial charge >= 0.3 is 0 Å². The third-order valence-electron chi connectivity index (χ3n) is 3.92. The van der Waals surface area contributed by atoms with Crippen molar-refractivity contribution in [2.45, 2.75) is 32.6 Å². The lowest BCUT2D eigenvalue weighted by Crippen LogP contribution is -2.35. The molecule has 1 aliphatic heterocycles. The summed E-state index contributed by atoms with van der Waals surface area (Å²) >= 11 is 1.75. The van der Waals surface area contributed by atoms with Crippen molar-refractivity contribution in [1.29, 1.82) is 0 Å². The number of carbonyl (C=O) groups is 1.